The summed E-state index contributed by atoms with van der Waals surface area (Å²) in [6, 6.07) is 5.89. The summed E-state index contributed by atoms with van der Waals surface area (Å²) in [5, 5.41) is 2.96. The highest BCUT2D eigenvalue weighted by molar-refractivity contribution is 5.89. The molecule has 1 aromatic rings. The molecule has 1 heterocycles. The molecule has 3 rings (SSSR count). The van der Waals surface area contributed by atoms with Gasteiger partial charge in [-0.15, -0.1) is 0 Å². The third-order valence-corrected chi connectivity index (χ3v) is 4.09. The number of carbonyl (C=O) groups is 1. The Morgan fingerprint density at radius 1 is 1.35 bits per heavy atom. The third-order valence-electron chi connectivity index (χ3n) is 4.09. The molecule has 20 heavy (non-hydrogen) atoms. The summed E-state index contributed by atoms with van der Waals surface area (Å²) in [6.07, 6.45) is 1.56. The van der Waals surface area contributed by atoms with E-state index in [1.165, 1.54) is 0 Å². The zero-order valence-corrected chi connectivity index (χ0v) is 11.9. The van der Waals surface area contributed by atoms with E-state index in [0.717, 1.165) is 29.9 Å². The first-order chi connectivity index (χ1) is 9.41. The van der Waals surface area contributed by atoms with Gasteiger partial charge in [0.15, 0.2) is 11.5 Å². The number of ether oxygens (including phenoxy) is 2. The molecular formula is C15H20N2O3. The second-order valence-corrected chi connectivity index (χ2v) is 6.29. The van der Waals surface area contributed by atoms with Crippen LogP contribution in [0.25, 0.3) is 0 Å². The predicted octanol–water partition coefficient (Wildman–Crippen LogP) is 1.30. The van der Waals surface area contributed by atoms with Gasteiger partial charge in [0.1, 0.15) is 0 Å². The Labute approximate surface area is 118 Å². The molecular weight excluding hydrogens is 256 g/mol. The van der Waals surface area contributed by atoms with E-state index in [4.69, 9.17) is 15.2 Å². The Hall–Kier alpha value is -1.75. The second kappa shape index (κ2) is 4.38. The average molecular weight is 276 g/mol. The lowest BCUT2D eigenvalue weighted by molar-refractivity contribution is -0.123. The molecule has 2 aliphatic rings. The number of hydrogen-bond donors (Lipinski definition) is 2. The highest BCUT2D eigenvalue weighted by Gasteiger charge is 2.46. The van der Waals surface area contributed by atoms with Crippen molar-refractivity contribution in [2.75, 3.05) is 13.3 Å². The van der Waals surface area contributed by atoms with Crippen molar-refractivity contribution < 1.29 is 14.3 Å². The van der Waals surface area contributed by atoms with Crippen molar-refractivity contribution >= 4 is 5.91 Å². The van der Waals surface area contributed by atoms with Crippen LogP contribution >= 0.6 is 0 Å². The van der Waals surface area contributed by atoms with E-state index in [-0.39, 0.29) is 18.1 Å². The van der Waals surface area contributed by atoms with Crippen molar-refractivity contribution in [3.63, 3.8) is 0 Å². The first-order valence-electron chi connectivity index (χ1n) is 6.88. The van der Waals surface area contributed by atoms with Crippen molar-refractivity contribution in [3.05, 3.63) is 23.8 Å². The Bertz CT molecular complexity index is 550. The molecule has 1 amide bonds. The fraction of sp³-hybridized carbons (Fsp3) is 0.533. The Balaban J connectivity index is 1.69. The fourth-order valence-electron chi connectivity index (χ4n) is 2.26. The fourth-order valence-corrected chi connectivity index (χ4v) is 2.26. The molecule has 1 aromatic carbocycles. The molecule has 1 fully saturated rings. The van der Waals surface area contributed by atoms with E-state index in [0.29, 0.717) is 6.54 Å². The molecule has 0 aromatic heterocycles. The van der Waals surface area contributed by atoms with E-state index >= 15 is 0 Å². The molecule has 0 radical (unpaired) electrons. The molecule has 0 unspecified atom stereocenters. The van der Waals surface area contributed by atoms with Gasteiger partial charge in [-0.1, -0.05) is 19.9 Å². The van der Waals surface area contributed by atoms with Crippen LogP contribution in [0.5, 0.6) is 11.5 Å². The largest absolute Gasteiger partial charge is 0.454 e. The third kappa shape index (κ3) is 2.33. The number of nitrogens with one attached hydrogen (secondary N) is 1. The highest BCUT2D eigenvalue weighted by Crippen LogP contribution is 2.36. The van der Waals surface area contributed by atoms with Gasteiger partial charge in [0.05, 0.1) is 5.54 Å². The minimum absolute atomic E-state index is 0.0497. The number of carbonyl (C=O) groups excluding carboxylic acids is 1. The summed E-state index contributed by atoms with van der Waals surface area (Å²) in [6.45, 7) is 4.98. The van der Waals surface area contributed by atoms with E-state index in [9.17, 15) is 4.79 Å². The van der Waals surface area contributed by atoms with Gasteiger partial charge in [0.25, 0.3) is 0 Å². The number of nitrogens with two attached hydrogens (primary N) is 1. The molecule has 0 bridgehead atoms. The molecule has 1 saturated carbocycles. The van der Waals surface area contributed by atoms with E-state index in [1.807, 2.05) is 18.2 Å². The molecule has 3 N–H and O–H groups in total. The summed E-state index contributed by atoms with van der Waals surface area (Å²) in [5.41, 5.74) is 6.17. The number of amides is 1. The van der Waals surface area contributed by atoms with Gasteiger partial charge in [0, 0.05) is 12.0 Å². The Morgan fingerprint density at radius 2 is 2.05 bits per heavy atom. The summed E-state index contributed by atoms with van der Waals surface area (Å²) < 4.78 is 10.7. The minimum atomic E-state index is -0.620. The van der Waals surface area contributed by atoms with Gasteiger partial charge in [-0.2, -0.15) is 0 Å². The maximum Gasteiger partial charge on any atom is 0.240 e. The molecule has 0 atom stereocenters. The van der Waals surface area contributed by atoms with Gasteiger partial charge < -0.3 is 20.5 Å². The van der Waals surface area contributed by atoms with E-state index in [1.54, 1.807) is 0 Å². The van der Waals surface area contributed by atoms with Crippen LogP contribution in [0.4, 0.5) is 0 Å². The van der Waals surface area contributed by atoms with Gasteiger partial charge >= 0.3 is 0 Å². The van der Waals surface area contributed by atoms with Crippen molar-refractivity contribution in [2.45, 2.75) is 37.6 Å². The molecule has 0 saturated heterocycles. The first-order valence-corrected chi connectivity index (χ1v) is 6.88. The topological polar surface area (TPSA) is 73.6 Å². The lowest BCUT2D eigenvalue weighted by atomic mass is 9.84. The smallest absolute Gasteiger partial charge is 0.240 e. The van der Waals surface area contributed by atoms with Crippen molar-refractivity contribution in [2.24, 2.45) is 5.73 Å². The van der Waals surface area contributed by atoms with Crippen molar-refractivity contribution in [1.82, 2.24) is 5.32 Å². The monoisotopic (exact) mass is 276 g/mol. The maximum atomic E-state index is 11.9. The first kappa shape index (κ1) is 13.2. The van der Waals surface area contributed by atoms with Crippen LogP contribution in [-0.4, -0.2) is 24.8 Å². The number of fused-ring (bicyclic) bond motifs is 1. The van der Waals surface area contributed by atoms with Crippen LogP contribution in [0.1, 0.15) is 32.3 Å². The van der Waals surface area contributed by atoms with Gasteiger partial charge in [-0.3, -0.25) is 4.79 Å². The Morgan fingerprint density at radius 3 is 2.75 bits per heavy atom. The maximum absolute atomic E-state index is 11.9. The molecule has 0 spiro atoms. The van der Waals surface area contributed by atoms with Gasteiger partial charge in [-0.05, 0) is 30.5 Å². The predicted molar refractivity (Wildman–Crippen MR) is 74.8 cm³/mol. The lowest BCUT2D eigenvalue weighted by Crippen LogP contribution is -2.46. The van der Waals surface area contributed by atoms with Crippen LogP contribution in [0.15, 0.2) is 18.2 Å². The molecule has 5 nitrogen and oxygen atoms in total. The van der Waals surface area contributed by atoms with E-state index in [2.05, 4.69) is 19.2 Å². The van der Waals surface area contributed by atoms with Crippen LogP contribution in [-0.2, 0) is 10.2 Å². The minimum Gasteiger partial charge on any atom is -0.454 e. The number of rotatable bonds is 4. The Kier molecular flexibility index (Phi) is 2.90. The summed E-state index contributed by atoms with van der Waals surface area (Å²) in [7, 11) is 0. The zero-order chi connectivity index (χ0) is 14.4. The average Bonchev–Trinajstić information content (AvgIpc) is 3.01. The molecule has 108 valence electrons. The number of benzene rings is 1. The van der Waals surface area contributed by atoms with Crippen LogP contribution in [0.3, 0.4) is 0 Å². The number of hydrogen-bond acceptors (Lipinski definition) is 4. The van der Waals surface area contributed by atoms with Crippen LogP contribution in [0.2, 0.25) is 0 Å². The zero-order valence-electron chi connectivity index (χ0n) is 11.9. The molecule has 1 aliphatic heterocycles. The van der Waals surface area contributed by atoms with Crippen molar-refractivity contribution in [3.8, 4) is 11.5 Å². The summed E-state index contributed by atoms with van der Waals surface area (Å²) >= 11 is 0. The normalized spacial score (nSPS) is 18.8. The van der Waals surface area contributed by atoms with Gasteiger partial charge in [0.2, 0.25) is 12.7 Å². The lowest BCUT2D eigenvalue weighted by Gasteiger charge is -2.26. The summed E-state index contributed by atoms with van der Waals surface area (Å²) in [4.78, 5) is 11.9. The van der Waals surface area contributed by atoms with Crippen LogP contribution in [0, 0.1) is 0 Å². The van der Waals surface area contributed by atoms with Crippen molar-refractivity contribution in [1.29, 1.82) is 0 Å². The molecule has 5 heteroatoms. The second-order valence-electron chi connectivity index (χ2n) is 6.29. The standard InChI is InChI=1S/C15H20N2O3/c1-14(2,8-17-13(18)15(16)5-6-15)10-3-4-11-12(7-10)20-9-19-11/h3-4,7H,5-6,8-9,16H2,1-2H3,(H,17,18). The quantitative estimate of drug-likeness (QED) is 0.869. The molecule has 1 aliphatic carbocycles. The summed E-state index contributed by atoms with van der Waals surface area (Å²) in [5.74, 6) is 1.48. The van der Waals surface area contributed by atoms with E-state index < -0.39 is 5.54 Å². The van der Waals surface area contributed by atoms with Crippen LogP contribution < -0.4 is 20.5 Å². The van der Waals surface area contributed by atoms with Gasteiger partial charge in [-0.25, -0.2) is 0 Å². The highest BCUT2D eigenvalue weighted by atomic mass is 16.7. The SMILES string of the molecule is CC(C)(CNC(=O)C1(N)CC1)c1ccc2c(c1)OCO2.